The van der Waals surface area contributed by atoms with Crippen molar-refractivity contribution in [1.82, 2.24) is 0 Å². The van der Waals surface area contributed by atoms with E-state index in [0.29, 0.717) is 6.61 Å². The van der Waals surface area contributed by atoms with E-state index in [2.05, 4.69) is 42.5 Å². The molecule has 0 saturated heterocycles. The Kier molecular flexibility index (Phi) is 19.5. The molecule has 24 heavy (non-hydrogen) atoms. The van der Waals surface area contributed by atoms with Gasteiger partial charge in [0.05, 0.1) is 0 Å². The zero-order valence-electron chi connectivity index (χ0n) is 14.8. The predicted molar refractivity (Wildman–Crippen MR) is 92.0 cm³/mol. The number of halogens is 2. The predicted octanol–water partition coefficient (Wildman–Crippen LogP) is -1.51. The summed E-state index contributed by atoms with van der Waals surface area (Å²) in [4.78, 5) is 0. The molecule has 2 N–H and O–H groups in total. The van der Waals surface area contributed by atoms with Crippen LogP contribution < -0.4 is 24.8 Å². The molecular formula is C18H27Cl2NO2Ti-2. The van der Waals surface area contributed by atoms with Gasteiger partial charge in [0.2, 0.25) is 0 Å². The topological polar surface area (TPSA) is 53.3 Å². The van der Waals surface area contributed by atoms with Crippen molar-refractivity contribution in [3.63, 3.8) is 0 Å². The molecule has 6 heteroatoms. The fraction of sp³-hybridized carbons (Fsp3) is 0.444. The van der Waals surface area contributed by atoms with Crippen molar-refractivity contribution in [1.29, 1.82) is 0 Å². The summed E-state index contributed by atoms with van der Waals surface area (Å²) in [7, 11) is 0. The molecule has 136 valence electrons. The van der Waals surface area contributed by atoms with Crippen molar-refractivity contribution >= 4 is 14.8 Å². The number of rotatable bonds is 4. The molecule has 2 aromatic carbocycles. The van der Waals surface area contributed by atoms with Gasteiger partial charge >= 0.3 is 60.4 Å². The van der Waals surface area contributed by atoms with E-state index >= 15 is 0 Å². The van der Waals surface area contributed by atoms with Crippen molar-refractivity contribution in [3.8, 4) is 0 Å². The summed E-state index contributed by atoms with van der Waals surface area (Å²) in [5, 5.41) is 11.0. The number of aliphatic hydroxyl groups is 1. The molecule has 0 aliphatic rings. The Bertz CT molecular complexity index is 503. The third-order valence-electron chi connectivity index (χ3n) is 2.17. The average Bonchev–Trinajstić information content (AvgIpc) is 2.85. The first-order chi connectivity index (χ1) is 10.2. The maximum atomic E-state index is 8.29. The van der Waals surface area contributed by atoms with E-state index in [-0.39, 0.29) is 37.0 Å². The summed E-state index contributed by atoms with van der Waals surface area (Å²) in [5.74, 6) is 0. The number of aliphatic hydroxyl groups excluding tert-OH is 1. The van der Waals surface area contributed by atoms with Gasteiger partial charge in [0, 0.05) is 0 Å². The number of hydrogen-bond donors (Lipinski definition) is 1. The van der Waals surface area contributed by atoms with Gasteiger partial charge in [-0.2, -0.15) is 17.5 Å². The maximum absolute atomic E-state index is 8.29. The van der Waals surface area contributed by atoms with E-state index in [1.165, 1.54) is 10.8 Å². The summed E-state index contributed by atoms with van der Waals surface area (Å²) in [5.41, 5.74) is 6.69. The van der Waals surface area contributed by atoms with E-state index < -0.39 is 0 Å². The molecule has 0 aliphatic heterocycles. The molecule has 0 heterocycles. The van der Waals surface area contributed by atoms with E-state index in [9.17, 15) is 0 Å². The van der Waals surface area contributed by atoms with Crippen molar-refractivity contribution < 1.29 is 54.6 Å². The first kappa shape index (κ1) is 28.7. The second kappa shape index (κ2) is 16.3. The molecular weight excluding hydrogens is 381 g/mol. The Morgan fingerprint density at radius 2 is 1.75 bits per heavy atom. The van der Waals surface area contributed by atoms with Gasteiger partial charge in [-0.1, -0.05) is 26.8 Å². The van der Waals surface area contributed by atoms with E-state index in [1.807, 2.05) is 47.7 Å². The SMILES string of the molecule is CC(C)(C)[NH-].C[C](=[Ti+2])OCCCO.[Cl-].[Cl-].c1ccc2[cH-]ccc2c1. The monoisotopic (exact) mass is 407 g/mol. The van der Waals surface area contributed by atoms with Crippen LogP contribution in [0.15, 0.2) is 42.5 Å². The quantitative estimate of drug-likeness (QED) is 0.380. The Labute approximate surface area is 170 Å². The van der Waals surface area contributed by atoms with E-state index in [1.54, 1.807) is 0 Å². The number of benzene rings is 1. The van der Waals surface area contributed by atoms with Gasteiger partial charge in [0.25, 0.3) is 0 Å². The molecule has 2 aromatic rings. The Morgan fingerprint density at radius 3 is 2.21 bits per heavy atom. The summed E-state index contributed by atoms with van der Waals surface area (Å²) in [6.07, 6.45) is 0.727. The van der Waals surface area contributed by atoms with Crippen LogP contribution >= 0.6 is 0 Å². The minimum atomic E-state index is -0.250. The van der Waals surface area contributed by atoms with Crippen LogP contribution in [0.2, 0.25) is 0 Å². The van der Waals surface area contributed by atoms with Crippen molar-refractivity contribution in [2.45, 2.75) is 39.7 Å². The normalized spacial score (nSPS) is 9.50. The molecule has 0 amide bonds. The molecule has 0 unspecified atom stereocenters. The largest absolute Gasteiger partial charge is 1.00 e. The molecule has 0 aliphatic carbocycles. The number of fused-ring (bicyclic) bond motifs is 1. The van der Waals surface area contributed by atoms with Crippen LogP contribution in [0.5, 0.6) is 0 Å². The standard InChI is InChI=1S/C9H7.C5H10O2.C4H10N.2ClH.Ti/c1-2-5-9-7-3-6-8(9)4-1;1-2-7-5-3-4-6;1-4(2,3)5;;;/h1-7H;6H,3-5H2,1H3;5H,1-3H3;2*1H;/q-1;;-1;;;+2/p-2. The van der Waals surface area contributed by atoms with Crippen LogP contribution in [0.1, 0.15) is 34.1 Å². The van der Waals surface area contributed by atoms with Gasteiger partial charge < -0.3 is 30.5 Å². The van der Waals surface area contributed by atoms with Crippen molar-refractivity contribution in [2.24, 2.45) is 0 Å². The second-order valence-electron chi connectivity index (χ2n) is 5.89. The van der Waals surface area contributed by atoms with E-state index in [0.717, 1.165) is 10.4 Å². The summed E-state index contributed by atoms with van der Waals surface area (Å²) < 4.78 is 6.00. The Hall–Kier alpha value is -0.126. The van der Waals surface area contributed by atoms with Gasteiger partial charge in [-0.05, 0) is 0 Å². The Morgan fingerprint density at radius 1 is 1.21 bits per heavy atom. The fourth-order valence-electron chi connectivity index (χ4n) is 1.36. The smallest absolute Gasteiger partial charge is 0.0809 e. The molecule has 2 rings (SSSR count). The molecule has 0 fully saturated rings. The maximum Gasteiger partial charge on any atom is -0.0809 e. The van der Waals surface area contributed by atoms with Gasteiger partial charge in [0.1, 0.15) is 0 Å². The van der Waals surface area contributed by atoms with Crippen LogP contribution in [0.3, 0.4) is 0 Å². The number of nitrogens with one attached hydrogen (secondary N) is 1. The van der Waals surface area contributed by atoms with Crippen molar-refractivity contribution in [2.75, 3.05) is 13.2 Å². The number of hydrogen-bond acceptors (Lipinski definition) is 2. The minimum Gasteiger partial charge on any atom is -1.00 e. The van der Waals surface area contributed by atoms with Crippen LogP contribution in [0.4, 0.5) is 0 Å². The molecule has 0 atom stereocenters. The summed E-state index contributed by atoms with van der Waals surface area (Å²) >= 11 is 1.90. The molecule has 0 spiro atoms. The Balaban J connectivity index is -0.000000276. The minimum absolute atomic E-state index is 0. The molecule has 0 aromatic heterocycles. The average molecular weight is 408 g/mol. The van der Waals surface area contributed by atoms with E-state index in [4.69, 9.17) is 15.6 Å². The first-order valence-corrected chi connectivity index (χ1v) is 8.16. The van der Waals surface area contributed by atoms with Crippen molar-refractivity contribution in [3.05, 3.63) is 48.2 Å². The van der Waals surface area contributed by atoms with Crippen LogP contribution in [-0.2, 0) is 24.7 Å². The van der Waals surface area contributed by atoms with Gasteiger partial charge in [-0.15, -0.1) is 35.2 Å². The zero-order chi connectivity index (χ0) is 17.0. The molecule has 0 radical (unpaired) electrons. The first-order valence-electron chi connectivity index (χ1n) is 7.38. The number of ether oxygens (including phenoxy) is 1. The second-order valence-corrected chi connectivity index (χ2v) is 6.99. The third-order valence-corrected chi connectivity index (χ3v) is 2.39. The third kappa shape index (κ3) is 19.9. The summed E-state index contributed by atoms with van der Waals surface area (Å²) in [6.45, 7) is 8.32. The van der Waals surface area contributed by atoms with Gasteiger partial charge in [-0.25, -0.2) is 0 Å². The van der Waals surface area contributed by atoms with Crippen LogP contribution in [-0.4, -0.2) is 27.9 Å². The molecule has 0 saturated carbocycles. The van der Waals surface area contributed by atoms with Gasteiger partial charge in [-0.3, -0.25) is 0 Å². The molecule has 0 bridgehead atoms. The zero-order valence-corrected chi connectivity index (χ0v) is 17.8. The summed E-state index contributed by atoms with van der Waals surface area (Å²) in [6, 6.07) is 14.7. The molecule has 3 nitrogen and oxygen atoms in total. The van der Waals surface area contributed by atoms with Gasteiger partial charge in [0.15, 0.2) is 0 Å². The van der Waals surface area contributed by atoms with Crippen LogP contribution in [0, 0.1) is 0 Å². The van der Waals surface area contributed by atoms with Crippen LogP contribution in [0.25, 0.3) is 16.5 Å². The fourth-order valence-corrected chi connectivity index (χ4v) is 1.52.